The molecule has 0 spiro atoms. The highest BCUT2D eigenvalue weighted by Crippen LogP contribution is 2.46. The van der Waals surface area contributed by atoms with Gasteiger partial charge in [0.15, 0.2) is 0 Å². The maximum absolute atomic E-state index is 13.7. The molecule has 2 heterocycles. The number of alkyl halides is 3. The summed E-state index contributed by atoms with van der Waals surface area (Å²) in [5.41, 5.74) is 4.81. The summed E-state index contributed by atoms with van der Waals surface area (Å²) in [6.45, 7) is 3.43. The van der Waals surface area contributed by atoms with Gasteiger partial charge in [0.25, 0.3) is 11.8 Å². The predicted molar refractivity (Wildman–Crippen MR) is 144 cm³/mol. The number of urea groups is 1. The molecule has 2 aromatic rings. The maximum Gasteiger partial charge on any atom is 0.410 e. The van der Waals surface area contributed by atoms with Gasteiger partial charge < -0.3 is 20.9 Å². The molecular weight excluding hydrogens is 537 g/mol. The fraction of sp³-hybridized carbons (Fsp3) is 0.517. The van der Waals surface area contributed by atoms with Crippen molar-refractivity contribution in [1.82, 2.24) is 25.3 Å². The SMILES string of the molecule is CC(C)n1nccc1C(=O)N[C@H](C(=O)Nc1ccc2c(c1)CC[C@H]2N1C[C@@H](C(F)(F)F)NC1=O)C(=C1CC1)C1CC1. The van der Waals surface area contributed by atoms with Crippen molar-refractivity contribution in [1.29, 1.82) is 0 Å². The number of nitrogens with one attached hydrogen (secondary N) is 3. The largest absolute Gasteiger partial charge is 0.410 e. The van der Waals surface area contributed by atoms with E-state index in [0.29, 0.717) is 24.2 Å². The van der Waals surface area contributed by atoms with Crippen LogP contribution in [0.5, 0.6) is 0 Å². The van der Waals surface area contributed by atoms with Crippen molar-refractivity contribution in [2.45, 2.75) is 82.7 Å². The van der Waals surface area contributed by atoms with Gasteiger partial charge in [0.1, 0.15) is 17.8 Å². The van der Waals surface area contributed by atoms with Gasteiger partial charge in [0.05, 0.1) is 12.6 Å². The predicted octanol–water partition coefficient (Wildman–Crippen LogP) is 4.64. The third-order valence-electron chi connectivity index (χ3n) is 8.33. The summed E-state index contributed by atoms with van der Waals surface area (Å²) in [7, 11) is 0. The molecule has 0 radical (unpaired) electrons. The molecule has 0 unspecified atom stereocenters. The average Bonchev–Trinajstić information content (AvgIpc) is 3.79. The van der Waals surface area contributed by atoms with Crippen LogP contribution in [-0.2, 0) is 11.2 Å². The molecule has 9 nitrogen and oxygen atoms in total. The Morgan fingerprint density at radius 3 is 2.49 bits per heavy atom. The standard InChI is InChI=1S/C29H33F3N6O3/c1-15(2)38-22(11-12-33-38)26(39)36-25(24(16-3-4-16)17-5-6-17)27(40)34-19-8-9-20-18(13-19)7-10-21(20)37-14-23(29(30,31)32)35-28(37)41/h8-9,11-13,15-16,21,23,25H,3-7,10,14H2,1-2H3,(H,34,40)(H,35,41)(H,36,39)/t21-,23+,25+/m1/s1. The molecule has 1 saturated heterocycles. The third kappa shape index (κ3) is 5.43. The number of hydrogen-bond donors (Lipinski definition) is 3. The Morgan fingerprint density at radius 1 is 1.10 bits per heavy atom. The van der Waals surface area contributed by atoms with Gasteiger partial charge in [-0.3, -0.25) is 14.3 Å². The Morgan fingerprint density at radius 2 is 1.85 bits per heavy atom. The van der Waals surface area contributed by atoms with Crippen molar-refractivity contribution in [2.75, 3.05) is 11.9 Å². The lowest BCUT2D eigenvalue weighted by Gasteiger charge is -2.24. The van der Waals surface area contributed by atoms with Gasteiger partial charge >= 0.3 is 12.2 Å². The van der Waals surface area contributed by atoms with E-state index in [9.17, 15) is 27.6 Å². The van der Waals surface area contributed by atoms with E-state index in [4.69, 9.17) is 0 Å². The smallest absolute Gasteiger partial charge is 0.335 e. The first-order valence-electron chi connectivity index (χ1n) is 14.1. The van der Waals surface area contributed by atoms with Crippen LogP contribution in [0.25, 0.3) is 0 Å². The summed E-state index contributed by atoms with van der Waals surface area (Å²) in [5, 5.41) is 12.2. The fourth-order valence-electron chi connectivity index (χ4n) is 6.09. The average molecular weight is 571 g/mol. The molecule has 1 aromatic carbocycles. The quantitative estimate of drug-likeness (QED) is 0.402. The summed E-state index contributed by atoms with van der Waals surface area (Å²) in [6, 6.07) is 3.02. The van der Waals surface area contributed by atoms with Gasteiger partial charge in [-0.1, -0.05) is 11.6 Å². The van der Waals surface area contributed by atoms with E-state index in [2.05, 4.69) is 15.7 Å². The van der Waals surface area contributed by atoms with E-state index >= 15 is 0 Å². The molecule has 2 saturated carbocycles. The highest BCUT2D eigenvalue weighted by molar-refractivity contribution is 6.02. The number of benzene rings is 1. The van der Waals surface area contributed by atoms with Gasteiger partial charge in [-0.15, -0.1) is 0 Å². The zero-order chi connectivity index (χ0) is 29.1. The summed E-state index contributed by atoms with van der Waals surface area (Å²) in [5.74, 6) is -0.420. The highest BCUT2D eigenvalue weighted by atomic mass is 19.4. The topological polar surface area (TPSA) is 108 Å². The minimum Gasteiger partial charge on any atom is -0.335 e. The Hall–Kier alpha value is -3.83. The monoisotopic (exact) mass is 570 g/mol. The van der Waals surface area contributed by atoms with Crippen LogP contribution in [0.3, 0.4) is 0 Å². The minimum atomic E-state index is -4.50. The number of allylic oxidation sites excluding steroid dienone is 1. The number of aryl methyl sites for hydroxylation is 1. The van der Waals surface area contributed by atoms with Crippen LogP contribution in [0, 0.1) is 5.92 Å². The molecule has 1 aliphatic heterocycles. The Balaban J connectivity index is 1.20. The number of anilines is 1. The summed E-state index contributed by atoms with van der Waals surface area (Å²) in [4.78, 5) is 40.7. The lowest BCUT2D eigenvalue weighted by Crippen LogP contribution is -2.46. The second-order valence-electron chi connectivity index (χ2n) is 11.6. The molecule has 3 fully saturated rings. The number of halogens is 3. The lowest BCUT2D eigenvalue weighted by molar-refractivity contribution is -0.150. The zero-order valence-corrected chi connectivity index (χ0v) is 22.9. The zero-order valence-electron chi connectivity index (χ0n) is 22.9. The van der Waals surface area contributed by atoms with Crippen LogP contribution >= 0.6 is 0 Å². The first-order valence-corrected chi connectivity index (χ1v) is 14.1. The molecule has 4 aliphatic rings. The van der Waals surface area contributed by atoms with Crippen molar-refractivity contribution >= 4 is 23.5 Å². The second-order valence-corrected chi connectivity index (χ2v) is 11.6. The molecule has 3 aliphatic carbocycles. The molecule has 41 heavy (non-hydrogen) atoms. The number of hydrogen-bond acceptors (Lipinski definition) is 4. The molecule has 1 aromatic heterocycles. The van der Waals surface area contributed by atoms with E-state index in [1.807, 2.05) is 25.2 Å². The molecule has 0 bridgehead atoms. The second kappa shape index (κ2) is 10.2. The molecule has 3 N–H and O–H groups in total. The molecule has 218 valence electrons. The fourth-order valence-corrected chi connectivity index (χ4v) is 6.09. The molecule has 6 rings (SSSR count). The first-order chi connectivity index (χ1) is 19.5. The highest BCUT2D eigenvalue weighted by Gasteiger charge is 2.49. The first kappa shape index (κ1) is 27.3. The van der Waals surface area contributed by atoms with E-state index < -0.39 is 36.9 Å². The number of carbonyl (C=O) groups excluding carboxylic acids is 3. The van der Waals surface area contributed by atoms with Crippen molar-refractivity contribution in [3.8, 4) is 0 Å². The Kier molecular flexibility index (Phi) is 6.82. The van der Waals surface area contributed by atoms with Crippen LogP contribution in [0.2, 0.25) is 0 Å². The number of carbonyl (C=O) groups is 3. The summed E-state index contributed by atoms with van der Waals surface area (Å²) >= 11 is 0. The minimum absolute atomic E-state index is 0.0241. The van der Waals surface area contributed by atoms with Crippen molar-refractivity contribution in [2.24, 2.45) is 5.92 Å². The number of amides is 4. The number of aromatic nitrogens is 2. The van der Waals surface area contributed by atoms with Crippen molar-refractivity contribution in [3.63, 3.8) is 0 Å². The Labute approximate surface area is 235 Å². The van der Waals surface area contributed by atoms with Crippen LogP contribution in [0.1, 0.15) is 79.7 Å². The van der Waals surface area contributed by atoms with Crippen LogP contribution in [0.4, 0.5) is 23.7 Å². The number of fused-ring (bicyclic) bond motifs is 1. The summed E-state index contributed by atoms with van der Waals surface area (Å²) < 4.78 is 41.2. The van der Waals surface area contributed by atoms with Gasteiger partial charge in [-0.05, 0) is 93.2 Å². The van der Waals surface area contributed by atoms with Crippen molar-refractivity contribution in [3.05, 3.63) is 58.4 Å². The normalized spacial score (nSPS) is 22.4. The third-order valence-corrected chi connectivity index (χ3v) is 8.33. The molecule has 4 amide bonds. The molecular formula is C29H33F3N6O3. The van der Waals surface area contributed by atoms with E-state index in [0.717, 1.165) is 42.4 Å². The summed E-state index contributed by atoms with van der Waals surface area (Å²) in [6.07, 6.45) is 1.97. The van der Waals surface area contributed by atoms with Gasteiger partial charge in [0.2, 0.25) is 0 Å². The van der Waals surface area contributed by atoms with E-state index in [-0.39, 0.29) is 23.8 Å². The number of rotatable bonds is 8. The lowest BCUT2D eigenvalue weighted by atomic mass is 9.99. The van der Waals surface area contributed by atoms with Crippen LogP contribution < -0.4 is 16.0 Å². The maximum atomic E-state index is 13.7. The number of nitrogens with zero attached hydrogens (tertiary/aromatic N) is 3. The molecule has 3 atom stereocenters. The molecule has 12 heteroatoms. The van der Waals surface area contributed by atoms with Gasteiger partial charge in [0, 0.05) is 17.9 Å². The Bertz CT molecular complexity index is 1420. The van der Waals surface area contributed by atoms with E-state index in [1.165, 1.54) is 10.5 Å². The van der Waals surface area contributed by atoms with Gasteiger partial charge in [-0.2, -0.15) is 18.3 Å². The van der Waals surface area contributed by atoms with Crippen LogP contribution in [0.15, 0.2) is 41.6 Å². The van der Waals surface area contributed by atoms with Gasteiger partial charge in [-0.25, -0.2) is 4.79 Å². The van der Waals surface area contributed by atoms with E-state index in [1.54, 1.807) is 29.1 Å². The van der Waals surface area contributed by atoms with Crippen LogP contribution in [-0.4, -0.2) is 57.3 Å². The van der Waals surface area contributed by atoms with Crippen molar-refractivity contribution < 1.29 is 27.6 Å².